The van der Waals surface area contributed by atoms with Crippen molar-refractivity contribution in [1.29, 1.82) is 0 Å². The minimum absolute atomic E-state index is 0.170. The van der Waals surface area contributed by atoms with Gasteiger partial charge < -0.3 is 14.8 Å². The van der Waals surface area contributed by atoms with E-state index < -0.39 is 0 Å². The molecular weight excluding hydrogens is 342 g/mol. The van der Waals surface area contributed by atoms with Crippen molar-refractivity contribution in [3.05, 3.63) is 40.7 Å². The third kappa shape index (κ3) is 3.74. The number of amides is 1. The summed E-state index contributed by atoms with van der Waals surface area (Å²) in [5, 5.41) is 7.60. The van der Waals surface area contributed by atoms with Crippen LogP contribution in [0.25, 0.3) is 0 Å². The van der Waals surface area contributed by atoms with Gasteiger partial charge in [0.15, 0.2) is 11.5 Å². The molecule has 1 aromatic carbocycles. The highest BCUT2D eigenvalue weighted by Crippen LogP contribution is 2.38. The summed E-state index contributed by atoms with van der Waals surface area (Å²) in [4.78, 5) is 12.6. The second kappa shape index (κ2) is 7.35. The van der Waals surface area contributed by atoms with E-state index >= 15 is 0 Å². The van der Waals surface area contributed by atoms with E-state index in [2.05, 4.69) is 24.3 Å². The van der Waals surface area contributed by atoms with Crippen LogP contribution in [0.15, 0.2) is 24.4 Å². The molecule has 0 bridgehead atoms. The largest absolute Gasteiger partial charge is 0.486 e. The monoisotopic (exact) mass is 363 g/mol. The molecule has 2 aromatic rings. The highest BCUT2D eigenvalue weighted by Gasteiger charge is 2.22. The van der Waals surface area contributed by atoms with Crippen LogP contribution in [0.3, 0.4) is 0 Å². The zero-order chi connectivity index (χ0) is 18.0. The molecule has 1 N–H and O–H groups in total. The van der Waals surface area contributed by atoms with Gasteiger partial charge in [-0.2, -0.15) is 5.10 Å². The Kier molecular flexibility index (Phi) is 5.18. The number of aryl methyl sites for hydroxylation is 1. The Morgan fingerprint density at radius 2 is 2.12 bits per heavy atom. The molecule has 0 saturated carbocycles. The molecule has 1 aliphatic rings. The molecule has 0 unspecified atom stereocenters. The molecule has 7 heteroatoms. The molecule has 6 nitrogen and oxygen atoms in total. The first-order valence-corrected chi connectivity index (χ1v) is 8.70. The minimum Gasteiger partial charge on any atom is -0.486 e. The van der Waals surface area contributed by atoms with Crippen molar-refractivity contribution in [3.63, 3.8) is 0 Å². The molecule has 2 heterocycles. The van der Waals surface area contributed by atoms with Gasteiger partial charge in [0.2, 0.25) is 0 Å². The molecule has 0 spiro atoms. The highest BCUT2D eigenvalue weighted by molar-refractivity contribution is 6.32. The van der Waals surface area contributed by atoms with Crippen LogP contribution in [0, 0.1) is 5.92 Å². The molecular formula is C18H22ClN3O3. The number of carbonyl (C=O) groups excluding carboxylic acids is 1. The van der Waals surface area contributed by atoms with Gasteiger partial charge in [0, 0.05) is 37.0 Å². The fourth-order valence-corrected chi connectivity index (χ4v) is 3.24. The highest BCUT2D eigenvalue weighted by atomic mass is 35.5. The molecule has 0 aliphatic carbocycles. The maximum absolute atomic E-state index is 12.6. The summed E-state index contributed by atoms with van der Waals surface area (Å²) in [6.45, 7) is 5.68. The number of carbonyl (C=O) groups is 1. The standard InChI is InChI=1S/C18H22ClN3O3/c1-11(2)13(15-4-5-21-22(15)3)10-20-18(23)12-8-14(19)17-16(9-12)24-6-7-25-17/h4-5,8-9,11,13H,6-7,10H2,1-3H3,(H,20,23)/t13-/m0/s1. The Labute approximate surface area is 152 Å². The number of fused-ring (bicyclic) bond motifs is 1. The van der Waals surface area contributed by atoms with E-state index in [1.807, 2.05) is 17.8 Å². The lowest BCUT2D eigenvalue weighted by molar-refractivity contribution is 0.0947. The summed E-state index contributed by atoms with van der Waals surface area (Å²) in [5.41, 5.74) is 1.55. The van der Waals surface area contributed by atoms with Gasteiger partial charge in [-0.1, -0.05) is 25.4 Å². The maximum atomic E-state index is 12.6. The zero-order valence-corrected chi connectivity index (χ0v) is 15.3. The van der Waals surface area contributed by atoms with Gasteiger partial charge in [-0.25, -0.2) is 0 Å². The summed E-state index contributed by atoms with van der Waals surface area (Å²) >= 11 is 6.21. The van der Waals surface area contributed by atoms with Gasteiger partial charge in [0.05, 0.1) is 5.02 Å². The van der Waals surface area contributed by atoms with Crippen molar-refractivity contribution in [3.8, 4) is 11.5 Å². The Morgan fingerprint density at radius 1 is 1.36 bits per heavy atom. The number of nitrogens with one attached hydrogen (secondary N) is 1. The lowest BCUT2D eigenvalue weighted by Gasteiger charge is -2.22. The number of aromatic nitrogens is 2. The van der Waals surface area contributed by atoms with Crippen molar-refractivity contribution < 1.29 is 14.3 Å². The van der Waals surface area contributed by atoms with Gasteiger partial charge in [0.1, 0.15) is 13.2 Å². The summed E-state index contributed by atoms with van der Waals surface area (Å²) < 4.78 is 12.9. The van der Waals surface area contributed by atoms with Gasteiger partial charge in [-0.05, 0) is 24.1 Å². The maximum Gasteiger partial charge on any atom is 0.251 e. The molecule has 1 aliphatic heterocycles. The quantitative estimate of drug-likeness (QED) is 0.886. The van der Waals surface area contributed by atoms with E-state index in [0.29, 0.717) is 47.8 Å². The number of rotatable bonds is 5. The van der Waals surface area contributed by atoms with Crippen molar-refractivity contribution in [1.82, 2.24) is 15.1 Å². The van der Waals surface area contributed by atoms with Crippen LogP contribution in [0.5, 0.6) is 11.5 Å². The van der Waals surface area contributed by atoms with Crippen LogP contribution in [0.1, 0.15) is 35.8 Å². The van der Waals surface area contributed by atoms with Crippen molar-refractivity contribution in [2.75, 3.05) is 19.8 Å². The molecule has 1 amide bonds. The van der Waals surface area contributed by atoms with E-state index in [1.54, 1.807) is 18.3 Å². The van der Waals surface area contributed by atoms with Crippen LogP contribution >= 0.6 is 11.6 Å². The number of benzene rings is 1. The second-order valence-electron chi connectivity index (χ2n) is 6.42. The summed E-state index contributed by atoms with van der Waals surface area (Å²) in [6, 6.07) is 5.26. The van der Waals surface area contributed by atoms with Crippen LogP contribution in [0.2, 0.25) is 5.02 Å². The SMILES string of the molecule is CC(C)[C@H](CNC(=O)c1cc(Cl)c2c(c1)OCCO2)c1ccnn1C. The molecule has 1 aromatic heterocycles. The molecule has 134 valence electrons. The smallest absolute Gasteiger partial charge is 0.251 e. The number of nitrogens with zero attached hydrogens (tertiary/aromatic N) is 2. The van der Waals surface area contributed by atoms with Crippen LogP contribution in [-0.2, 0) is 7.05 Å². The van der Waals surface area contributed by atoms with Crippen LogP contribution < -0.4 is 14.8 Å². The fraction of sp³-hybridized carbons (Fsp3) is 0.444. The van der Waals surface area contributed by atoms with Gasteiger partial charge >= 0.3 is 0 Å². The van der Waals surface area contributed by atoms with E-state index in [1.165, 1.54) is 0 Å². The normalized spacial score (nSPS) is 14.4. The third-order valence-electron chi connectivity index (χ3n) is 4.39. The van der Waals surface area contributed by atoms with Crippen molar-refractivity contribution >= 4 is 17.5 Å². The Hall–Kier alpha value is -2.21. The minimum atomic E-state index is -0.188. The zero-order valence-electron chi connectivity index (χ0n) is 14.6. The van der Waals surface area contributed by atoms with Crippen molar-refractivity contribution in [2.24, 2.45) is 13.0 Å². The van der Waals surface area contributed by atoms with Crippen molar-refractivity contribution in [2.45, 2.75) is 19.8 Å². The van der Waals surface area contributed by atoms with Gasteiger partial charge in [-0.3, -0.25) is 9.48 Å². The first-order chi connectivity index (χ1) is 12.0. The summed E-state index contributed by atoms with van der Waals surface area (Å²) in [5.74, 6) is 1.35. The average Bonchev–Trinajstić information content (AvgIpc) is 3.00. The van der Waals surface area contributed by atoms with Gasteiger partial charge in [-0.15, -0.1) is 0 Å². The lowest BCUT2D eigenvalue weighted by Crippen LogP contribution is -2.31. The number of hydrogen-bond donors (Lipinski definition) is 1. The second-order valence-corrected chi connectivity index (χ2v) is 6.83. The number of hydrogen-bond acceptors (Lipinski definition) is 4. The molecule has 25 heavy (non-hydrogen) atoms. The van der Waals surface area contributed by atoms with Gasteiger partial charge in [0.25, 0.3) is 5.91 Å². The predicted octanol–water partition coefficient (Wildman–Crippen LogP) is 3.01. The Morgan fingerprint density at radius 3 is 2.80 bits per heavy atom. The number of halogens is 1. The van der Waals surface area contributed by atoms with E-state index in [-0.39, 0.29) is 11.8 Å². The van der Waals surface area contributed by atoms with Crippen LogP contribution in [0.4, 0.5) is 0 Å². The molecule has 1 atom stereocenters. The van der Waals surface area contributed by atoms with Crippen LogP contribution in [-0.4, -0.2) is 35.4 Å². The first-order valence-electron chi connectivity index (χ1n) is 8.32. The Balaban J connectivity index is 1.74. The first kappa shape index (κ1) is 17.6. The lowest BCUT2D eigenvalue weighted by atomic mass is 9.92. The predicted molar refractivity (Wildman–Crippen MR) is 95.6 cm³/mol. The molecule has 3 rings (SSSR count). The summed E-state index contributed by atoms with van der Waals surface area (Å²) in [6.07, 6.45) is 1.77. The molecule has 0 saturated heterocycles. The van der Waals surface area contributed by atoms with E-state index in [4.69, 9.17) is 21.1 Å². The topological polar surface area (TPSA) is 65.4 Å². The summed E-state index contributed by atoms with van der Waals surface area (Å²) in [7, 11) is 1.91. The van der Waals surface area contributed by atoms with E-state index in [0.717, 1.165) is 5.69 Å². The third-order valence-corrected chi connectivity index (χ3v) is 4.67. The molecule has 0 radical (unpaired) electrons. The average molecular weight is 364 g/mol. The van der Waals surface area contributed by atoms with E-state index in [9.17, 15) is 4.79 Å². The molecule has 0 fully saturated rings. The number of ether oxygens (including phenoxy) is 2. The fourth-order valence-electron chi connectivity index (χ4n) is 2.98. The Bertz CT molecular complexity index is 773.